The highest BCUT2D eigenvalue weighted by Crippen LogP contribution is 2.21. The van der Waals surface area contributed by atoms with Crippen molar-refractivity contribution in [1.29, 1.82) is 0 Å². The quantitative estimate of drug-likeness (QED) is 0.352. The molecule has 3 rings (SSSR count). The Morgan fingerprint density at radius 2 is 1.93 bits per heavy atom. The van der Waals surface area contributed by atoms with Gasteiger partial charge in [0, 0.05) is 59.1 Å². The molecule has 2 saturated heterocycles. The van der Waals surface area contributed by atoms with Crippen molar-refractivity contribution in [2.45, 2.75) is 26.3 Å². The minimum absolute atomic E-state index is 0. The Morgan fingerprint density at radius 1 is 1.18 bits per heavy atom. The van der Waals surface area contributed by atoms with E-state index in [-0.39, 0.29) is 24.0 Å². The standard InChI is InChI=1S/C20H34N6O.HI/c1-17-5-8-26(9-6-17)19-4-3-18(15-23-19)16-24-20(21-2)22-7-10-25-11-13-27-14-12-25;/h3-4,15,17H,5-14,16H2,1-2H3,(H2,21,22,24);1H. The van der Waals surface area contributed by atoms with Crippen LogP contribution in [-0.4, -0.2) is 75.4 Å². The number of pyridine rings is 1. The zero-order valence-electron chi connectivity index (χ0n) is 17.2. The summed E-state index contributed by atoms with van der Waals surface area (Å²) in [5, 5.41) is 6.75. The Kier molecular flexibility index (Phi) is 10.3. The number of hydrogen-bond donors (Lipinski definition) is 2. The maximum absolute atomic E-state index is 5.38. The summed E-state index contributed by atoms with van der Waals surface area (Å²) in [7, 11) is 1.81. The SMILES string of the molecule is CN=C(NCCN1CCOCC1)NCc1ccc(N2CCC(C)CC2)nc1.I. The summed E-state index contributed by atoms with van der Waals surface area (Å²) in [6.07, 6.45) is 4.50. The molecular formula is C20H35IN6O. The summed E-state index contributed by atoms with van der Waals surface area (Å²) in [4.78, 5) is 13.8. The topological polar surface area (TPSA) is 65.0 Å². The van der Waals surface area contributed by atoms with Crippen LogP contribution in [0.5, 0.6) is 0 Å². The van der Waals surface area contributed by atoms with E-state index >= 15 is 0 Å². The summed E-state index contributed by atoms with van der Waals surface area (Å²) in [6.45, 7) is 10.9. The van der Waals surface area contributed by atoms with E-state index in [2.05, 4.69) is 49.5 Å². The lowest BCUT2D eigenvalue weighted by Gasteiger charge is -2.31. The fourth-order valence-corrected chi connectivity index (χ4v) is 3.51. The normalized spacial score (nSPS) is 19.2. The van der Waals surface area contributed by atoms with Crippen molar-refractivity contribution in [3.8, 4) is 0 Å². The molecule has 0 amide bonds. The average Bonchev–Trinajstić information content (AvgIpc) is 2.72. The summed E-state index contributed by atoms with van der Waals surface area (Å²) >= 11 is 0. The molecule has 0 spiro atoms. The lowest BCUT2D eigenvalue weighted by atomic mass is 9.99. The van der Waals surface area contributed by atoms with E-state index < -0.39 is 0 Å². The molecular weight excluding hydrogens is 467 g/mol. The maximum atomic E-state index is 5.38. The van der Waals surface area contributed by atoms with Crippen LogP contribution in [0.25, 0.3) is 0 Å². The first-order valence-electron chi connectivity index (χ1n) is 10.2. The van der Waals surface area contributed by atoms with Gasteiger partial charge in [-0.15, -0.1) is 24.0 Å². The van der Waals surface area contributed by atoms with Crippen LogP contribution in [0, 0.1) is 5.92 Å². The van der Waals surface area contributed by atoms with E-state index in [1.54, 1.807) is 0 Å². The van der Waals surface area contributed by atoms with Crippen molar-refractivity contribution in [3.05, 3.63) is 23.9 Å². The molecule has 2 aliphatic heterocycles. The Balaban J connectivity index is 0.00000280. The van der Waals surface area contributed by atoms with Crippen molar-refractivity contribution < 1.29 is 4.74 Å². The fourth-order valence-electron chi connectivity index (χ4n) is 3.51. The first-order chi connectivity index (χ1) is 13.2. The van der Waals surface area contributed by atoms with Crippen molar-refractivity contribution in [2.24, 2.45) is 10.9 Å². The van der Waals surface area contributed by atoms with Crippen LogP contribution < -0.4 is 15.5 Å². The molecule has 158 valence electrons. The van der Waals surface area contributed by atoms with Crippen LogP contribution in [0.4, 0.5) is 5.82 Å². The molecule has 1 aromatic heterocycles. The highest BCUT2D eigenvalue weighted by Gasteiger charge is 2.16. The number of aliphatic imine (C=N–C) groups is 1. The van der Waals surface area contributed by atoms with Gasteiger partial charge in [0.05, 0.1) is 13.2 Å². The summed E-state index contributed by atoms with van der Waals surface area (Å²) in [5.41, 5.74) is 1.17. The minimum Gasteiger partial charge on any atom is -0.379 e. The molecule has 0 bridgehead atoms. The second-order valence-electron chi connectivity index (χ2n) is 7.50. The molecule has 28 heavy (non-hydrogen) atoms. The van der Waals surface area contributed by atoms with Gasteiger partial charge < -0.3 is 20.3 Å². The molecule has 8 heteroatoms. The lowest BCUT2D eigenvalue weighted by Crippen LogP contribution is -2.44. The Bertz CT molecular complexity index is 583. The second-order valence-corrected chi connectivity index (χ2v) is 7.50. The zero-order chi connectivity index (χ0) is 18.9. The van der Waals surface area contributed by atoms with Crippen LogP contribution in [0.2, 0.25) is 0 Å². The zero-order valence-corrected chi connectivity index (χ0v) is 19.5. The largest absolute Gasteiger partial charge is 0.379 e. The summed E-state index contributed by atoms with van der Waals surface area (Å²) < 4.78 is 5.38. The number of guanidine groups is 1. The van der Waals surface area contributed by atoms with Gasteiger partial charge in [0.15, 0.2) is 5.96 Å². The van der Waals surface area contributed by atoms with Gasteiger partial charge in [0.1, 0.15) is 5.82 Å². The van der Waals surface area contributed by atoms with E-state index in [1.165, 1.54) is 18.4 Å². The number of nitrogens with zero attached hydrogens (tertiary/aromatic N) is 4. The number of piperidine rings is 1. The summed E-state index contributed by atoms with van der Waals surface area (Å²) in [5.74, 6) is 2.77. The van der Waals surface area contributed by atoms with E-state index in [0.29, 0.717) is 0 Å². The number of ether oxygens (including phenoxy) is 1. The van der Waals surface area contributed by atoms with Crippen LogP contribution in [-0.2, 0) is 11.3 Å². The number of rotatable bonds is 6. The van der Waals surface area contributed by atoms with Gasteiger partial charge in [-0.05, 0) is 30.4 Å². The van der Waals surface area contributed by atoms with Crippen molar-refractivity contribution in [2.75, 3.05) is 64.4 Å². The molecule has 2 N–H and O–H groups in total. The third-order valence-electron chi connectivity index (χ3n) is 5.42. The van der Waals surface area contributed by atoms with Crippen molar-refractivity contribution in [3.63, 3.8) is 0 Å². The molecule has 2 fully saturated rings. The number of halogens is 1. The third-order valence-corrected chi connectivity index (χ3v) is 5.42. The van der Waals surface area contributed by atoms with Gasteiger partial charge in [-0.25, -0.2) is 4.98 Å². The van der Waals surface area contributed by atoms with E-state index in [1.807, 2.05) is 13.2 Å². The Hall–Kier alpha value is -1.13. The number of hydrogen-bond acceptors (Lipinski definition) is 5. The highest BCUT2D eigenvalue weighted by atomic mass is 127. The van der Waals surface area contributed by atoms with Gasteiger partial charge in [-0.2, -0.15) is 0 Å². The van der Waals surface area contributed by atoms with Crippen LogP contribution in [0.3, 0.4) is 0 Å². The van der Waals surface area contributed by atoms with Crippen LogP contribution >= 0.6 is 24.0 Å². The van der Waals surface area contributed by atoms with Gasteiger partial charge in [0.25, 0.3) is 0 Å². The Morgan fingerprint density at radius 3 is 2.57 bits per heavy atom. The second kappa shape index (κ2) is 12.4. The molecule has 7 nitrogen and oxygen atoms in total. The number of anilines is 1. The molecule has 0 atom stereocenters. The van der Waals surface area contributed by atoms with Crippen LogP contribution in [0.1, 0.15) is 25.3 Å². The van der Waals surface area contributed by atoms with Gasteiger partial charge >= 0.3 is 0 Å². The smallest absolute Gasteiger partial charge is 0.191 e. The third kappa shape index (κ3) is 7.36. The van der Waals surface area contributed by atoms with Crippen molar-refractivity contribution in [1.82, 2.24) is 20.5 Å². The molecule has 0 aliphatic carbocycles. The molecule has 0 saturated carbocycles. The average molecular weight is 502 g/mol. The predicted molar refractivity (Wildman–Crippen MR) is 126 cm³/mol. The Labute approximate surface area is 186 Å². The maximum Gasteiger partial charge on any atom is 0.191 e. The van der Waals surface area contributed by atoms with E-state index in [4.69, 9.17) is 4.74 Å². The number of nitrogens with one attached hydrogen (secondary N) is 2. The summed E-state index contributed by atoms with van der Waals surface area (Å²) in [6, 6.07) is 4.30. The molecule has 0 aromatic carbocycles. The van der Waals surface area contributed by atoms with E-state index in [0.717, 1.165) is 76.7 Å². The molecule has 1 aromatic rings. The molecule has 0 radical (unpaired) electrons. The lowest BCUT2D eigenvalue weighted by molar-refractivity contribution is 0.0389. The van der Waals surface area contributed by atoms with E-state index in [9.17, 15) is 0 Å². The minimum atomic E-state index is 0. The van der Waals surface area contributed by atoms with Gasteiger partial charge in [-0.1, -0.05) is 13.0 Å². The predicted octanol–water partition coefficient (Wildman–Crippen LogP) is 1.93. The number of morpholine rings is 1. The van der Waals surface area contributed by atoms with Gasteiger partial charge in [-0.3, -0.25) is 9.89 Å². The van der Waals surface area contributed by atoms with Crippen molar-refractivity contribution >= 4 is 35.8 Å². The molecule has 0 unspecified atom stereocenters. The molecule has 3 heterocycles. The monoisotopic (exact) mass is 502 g/mol. The first-order valence-corrected chi connectivity index (χ1v) is 10.2. The van der Waals surface area contributed by atoms with Gasteiger partial charge in [0.2, 0.25) is 0 Å². The first kappa shape index (κ1) is 23.2. The highest BCUT2D eigenvalue weighted by molar-refractivity contribution is 14.0. The molecule has 2 aliphatic rings. The van der Waals surface area contributed by atoms with Crippen LogP contribution in [0.15, 0.2) is 23.3 Å². The fraction of sp³-hybridized carbons (Fsp3) is 0.700. The number of aromatic nitrogens is 1.